The van der Waals surface area contributed by atoms with Gasteiger partial charge in [0.15, 0.2) is 5.78 Å². The highest BCUT2D eigenvalue weighted by Gasteiger charge is 2.55. The van der Waals surface area contributed by atoms with Gasteiger partial charge in [-0.25, -0.2) is 4.98 Å². The molecule has 31 heavy (non-hydrogen) atoms. The lowest BCUT2D eigenvalue weighted by Crippen LogP contribution is -2.52. The van der Waals surface area contributed by atoms with Crippen LogP contribution < -0.4 is 0 Å². The first-order chi connectivity index (χ1) is 14.7. The molecule has 1 aromatic carbocycles. The van der Waals surface area contributed by atoms with Gasteiger partial charge < -0.3 is 4.74 Å². The molecular formula is C26H26ClNO2S. The third-order valence-electron chi connectivity index (χ3n) is 7.68. The number of ketones is 1. The fourth-order valence-electron chi connectivity index (χ4n) is 6.13. The summed E-state index contributed by atoms with van der Waals surface area (Å²) in [5.74, 6) is 1.71. The minimum Gasteiger partial charge on any atom is -0.491 e. The maximum Gasteiger partial charge on any atom is 0.162 e. The molecule has 160 valence electrons. The number of fused-ring (bicyclic) bond motifs is 6. The number of hydrogen-bond acceptors (Lipinski definition) is 4. The number of rotatable bonds is 0. The maximum atomic E-state index is 13.1. The van der Waals surface area contributed by atoms with Gasteiger partial charge in [-0.05, 0) is 63.8 Å². The zero-order chi connectivity index (χ0) is 21.5. The number of nitrogens with zero attached hydrogens (tertiary/aromatic N) is 1. The lowest BCUT2D eigenvalue weighted by Gasteiger charge is -2.55. The summed E-state index contributed by atoms with van der Waals surface area (Å²) >= 11 is 8.08. The molecule has 0 bridgehead atoms. The Morgan fingerprint density at radius 3 is 2.87 bits per heavy atom. The van der Waals surface area contributed by atoms with Gasteiger partial charge in [-0.3, -0.25) is 4.79 Å². The van der Waals surface area contributed by atoms with E-state index in [0.29, 0.717) is 23.1 Å². The van der Waals surface area contributed by atoms with E-state index in [1.807, 2.05) is 30.0 Å². The van der Waals surface area contributed by atoms with E-state index in [-0.39, 0.29) is 16.3 Å². The molecular weight excluding hydrogens is 426 g/mol. The van der Waals surface area contributed by atoms with E-state index in [1.54, 1.807) is 0 Å². The van der Waals surface area contributed by atoms with E-state index in [9.17, 15) is 4.79 Å². The van der Waals surface area contributed by atoms with Crippen LogP contribution in [-0.2, 0) is 9.53 Å². The molecule has 0 saturated heterocycles. The van der Waals surface area contributed by atoms with Crippen molar-refractivity contribution >= 4 is 46.1 Å². The monoisotopic (exact) mass is 451 g/mol. The van der Waals surface area contributed by atoms with Crippen LogP contribution in [0.25, 0.3) is 17.0 Å². The second-order valence-corrected chi connectivity index (χ2v) is 12.0. The fraction of sp³-hybridized carbons (Fsp3) is 0.462. The highest BCUT2D eigenvalue weighted by molar-refractivity contribution is 8.01. The number of hydrogen-bond donors (Lipinski definition) is 0. The molecule has 0 N–H and O–H groups in total. The van der Waals surface area contributed by atoms with Crippen LogP contribution >= 0.6 is 23.4 Å². The van der Waals surface area contributed by atoms with Crippen LogP contribution in [-0.4, -0.2) is 21.1 Å². The number of ether oxygens (including phenoxy) is 1. The molecule has 0 amide bonds. The summed E-state index contributed by atoms with van der Waals surface area (Å²) in [4.78, 5) is 18.1. The van der Waals surface area contributed by atoms with Gasteiger partial charge in [0.2, 0.25) is 0 Å². The Morgan fingerprint density at radius 2 is 2.03 bits per heavy atom. The van der Waals surface area contributed by atoms with Gasteiger partial charge >= 0.3 is 0 Å². The number of carbonyl (C=O) groups is 1. The Balaban J connectivity index is 1.56. The predicted octanol–water partition coefficient (Wildman–Crippen LogP) is 6.98. The Kier molecular flexibility index (Phi) is 4.24. The first-order valence-electron chi connectivity index (χ1n) is 11.2. The number of thioether (sulfide) groups is 1. The van der Waals surface area contributed by atoms with Gasteiger partial charge in [0, 0.05) is 51.0 Å². The van der Waals surface area contributed by atoms with Gasteiger partial charge in [0.25, 0.3) is 0 Å². The summed E-state index contributed by atoms with van der Waals surface area (Å²) in [6, 6.07) is 8.11. The van der Waals surface area contributed by atoms with Crippen molar-refractivity contribution in [2.75, 3.05) is 0 Å². The Bertz CT molecular complexity index is 1210. The van der Waals surface area contributed by atoms with Crippen molar-refractivity contribution in [3.8, 4) is 0 Å². The molecule has 6 rings (SSSR count). The Hall–Kier alpha value is -1.78. The molecule has 0 spiro atoms. The second-order valence-electron chi connectivity index (χ2n) is 10.1. The van der Waals surface area contributed by atoms with Crippen molar-refractivity contribution in [3.05, 3.63) is 51.8 Å². The summed E-state index contributed by atoms with van der Waals surface area (Å²) in [6.07, 6.45) is 6.89. The smallest absolute Gasteiger partial charge is 0.162 e. The molecule has 3 nitrogen and oxygen atoms in total. The van der Waals surface area contributed by atoms with Crippen molar-refractivity contribution in [3.63, 3.8) is 0 Å². The van der Waals surface area contributed by atoms with E-state index < -0.39 is 0 Å². The summed E-state index contributed by atoms with van der Waals surface area (Å²) in [5.41, 5.74) is 4.19. The largest absolute Gasteiger partial charge is 0.491 e. The molecule has 3 unspecified atom stereocenters. The zero-order valence-corrected chi connectivity index (χ0v) is 19.7. The number of benzene rings is 1. The first kappa shape index (κ1) is 19.9. The third-order valence-corrected chi connectivity index (χ3v) is 9.33. The topological polar surface area (TPSA) is 39.2 Å². The van der Waals surface area contributed by atoms with Crippen molar-refractivity contribution in [1.29, 1.82) is 0 Å². The van der Waals surface area contributed by atoms with Crippen LogP contribution in [0.1, 0.15) is 58.4 Å². The summed E-state index contributed by atoms with van der Waals surface area (Å²) < 4.78 is 6.41. The molecule has 1 saturated carbocycles. The second kappa shape index (κ2) is 6.62. The van der Waals surface area contributed by atoms with E-state index in [1.165, 1.54) is 5.57 Å². The molecule has 2 aliphatic carbocycles. The van der Waals surface area contributed by atoms with Gasteiger partial charge in [-0.2, -0.15) is 0 Å². The van der Waals surface area contributed by atoms with Gasteiger partial charge in [-0.15, -0.1) is 0 Å². The molecule has 2 aliphatic heterocycles. The summed E-state index contributed by atoms with van der Waals surface area (Å²) in [7, 11) is 0. The summed E-state index contributed by atoms with van der Waals surface area (Å²) in [6.45, 7) is 6.75. The maximum absolute atomic E-state index is 13.1. The molecule has 5 heteroatoms. The van der Waals surface area contributed by atoms with Crippen LogP contribution in [0, 0.1) is 11.8 Å². The number of pyridine rings is 1. The van der Waals surface area contributed by atoms with E-state index in [2.05, 4.69) is 32.9 Å². The van der Waals surface area contributed by atoms with E-state index >= 15 is 0 Å². The van der Waals surface area contributed by atoms with Gasteiger partial charge in [-0.1, -0.05) is 35.5 Å². The van der Waals surface area contributed by atoms with E-state index in [0.717, 1.165) is 58.5 Å². The summed E-state index contributed by atoms with van der Waals surface area (Å²) in [5, 5.41) is 2.87. The number of halogens is 1. The minimum atomic E-state index is -0.257. The molecule has 3 atom stereocenters. The number of carbonyl (C=O) groups excluding carboxylic acids is 1. The SMILES string of the molecule is CC12CCC3C(C1=Cc1cc4ccc(Cl)cc4nc1S2)C1=C(CCCC1=O)OC3(C)C. The van der Waals surface area contributed by atoms with Crippen LogP contribution in [0.15, 0.2) is 46.2 Å². The molecule has 4 aliphatic rings. The predicted molar refractivity (Wildman–Crippen MR) is 126 cm³/mol. The Labute approximate surface area is 192 Å². The van der Waals surface area contributed by atoms with Crippen molar-refractivity contribution in [1.82, 2.24) is 4.98 Å². The van der Waals surface area contributed by atoms with Gasteiger partial charge in [0.05, 0.1) is 5.52 Å². The van der Waals surface area contributed by atoms with Crippen LogP contribution in [0.2, 0.25) is 5.02 Å². The number of allylic oxidation sites excluding steroid dienone is 2. The highest BCUT2D eigenvalue weighted by atomic mass is 35.5. The lowest BCUT2D eigenvalue weighted by atomic mass is 9.59. The quantitative estimate of drug-likeness (QED) is 0.433. The first-order valence-corrected chi connectivity index (χ1v) is 12.4. The molecule has 3 heterocycles. The normalized spacial score (nSPS) is 31.2. The molecule has 1 fully saturated rings. The molecule has 0 radical (unpaired) electrons. The number of Topliss-reactive ketones (excluding diaryl/α,β-unsaturated/α-hetero) is 1. The van der Waals surface area contributed by atoms with E-state index in [4.69, 9.17) is 21.3 Å². The average Bonchev–Trinajstić information content (AvgIpc) is 2.70. The zero-order valence-electron chi connectivity index (χ0n) is 18.1. The fourth-order valence-corrected chi connectivity index (χ4v) is 7.63. The average molecular weight is 452 g/mol. The minimum absolute atomic E-state index is 0.0589. The molecule has 1 aromatic heterocycles. The number of aromatic nitrogens is 1. The third kappa shape index (κ3) is 2.94. The van der Waals surface area contributed by atoms with Crippen LogP contribution in [0.4, 0.5) is 0 Å². The highest BCUT2D eigenvalue weighted by Crippen LogP contribution is 2.61. The molecule has 2 aromatic rings. The van der Waals surface area contributed by atoms with Crippen LogP contribution in [0.3, 0.4) is 0 Å². The Morgan fingerprint density at radius 1 is 1.19 bits per heavy atom. The van der Waals surface area contributed by atoms with Crippen molar-refractivity contribution in [2.24, 2.45) is 11.8 Å². The van der Waals surface area contributed by atoms with Crippen LogP contribution in [0.5, 0.6) is 0 Å². The van der Waals surface area contributed by atoms with Crippen molar-refractivity contribution in [2.45, 2.75) is 68.2 Å². The van der Waals surface area contributed by atoms with Crippen molar-refractivity contribution < 1.29 is 9.53 Å². The van der Waals surface area contributed by atoms with Gasteiger partial charge in [0.1, 0.15) is 16.4 Å². The standard InChI is InChI=1S/C26H26ClNO2S/c1-25(2)17-9-10-26(3)18(22(17)23-20(29)5-4-6-21(23)30-25)12-15-11-14-7-8-16(27)13-19(14)28-24(15)31-26/h7-8,11-13,17,22H,4-6,9-10H2,1-3H3. The lowest BCUT2D eigenvalue weighted by molar-refractivity contribution is -0.121.